The molecule has 0 unspecified atom stereocenters. The monoisotopic (exact) mass is 419 g/mol. The van der Waals surface area contributed by atoms with E-state index in [9.17, 15) is 14.4 Å². The van der Waals surface area contributed by atoms with E-state index in [1.165, 1.54) is 18.6 Å². The van der Waals surface area contributed by atoms with E-state index >= 15 is 0 Å². The van der Waals surface area contributed by atoms with E-state index in [4.69, 9.17) is 9.15 Å². The van der Waals surface area contributed by atoms with Crippen LogP contribution in [0.15, 0.2) is 71.1 Å². The Bertz CT molecular complexity index is 1040. The van der Waals surface area contributed by atoms with Gasteiger partial charge in [0.15, 0.2) is 12.4 Å². The third kappa shape index (κ3) is 6.40. The van der Waals surface area contributed by atoms with Crippen LogP contribution in [0.3, 0.4) is 0 Å². The van der Waals surface area contributed by atoms with E-state index in [-0.39, 0.29) is 30.1 Å². The summed E-state index contributed by atoms with van der Waals surface area (Å²) in [6, 6.07) is 20.0. The molecular weight excluding hydrogens is 394 g/mol. The van der Waals surface area contributed by atoms with Gasteiger partial charge < -0.3 is 14.5 Å². The van der Waals surface area contributed by atoms with Crippen molar-refractivity contribution in [3.63, 3.8) is 0 Å². The average molecular weight is 419 g/mol. The topological polar surface area (TPSA) is 85.6 Å². The lowest BCUT2D eigenvalue weighted by molar-refractivity contribution is -0.124. The number of Topliss-reactive ketones (excluding diaryl/α,β-unsaturated/α-hetero) is 1. The molecule has 0 fully saturated rings. The Kier molecular flexibility index (Phi) is 7.38. The zero-order chi connectivity index (χ0) is 22.2. The van der Waals surface area contributed by atoms with Gasteiger partial charge in [0.2, 0.25) is 5.76 Å². The number of carbonyl (C=O) groups is 3. The first-order valence-corrected chi connectivity index (χ1v) is 10.1. The lowest BCUT2D eigenvalue weighted by atomic mass is 10.1. The summed E-state index contributed by atoms with van der Waals surface area (Å²) in [6.45, 7) is 3.03. The number of amides is 1. The summed E-state index contributed by atoms with van der Waals surface area (Å²) in [5.41, 5.74) is 2.53. The maximum absolute atomic E-state index is 12.2. The van der Waals surface area contributed by atoms with Gasteiger partial charge in [-0.2, -0.15) is 0 Å². The van der Waals surface area contributed by atoms with Crippen molar-refractivity contribution in [1.82, 2.24) is 5.32 Å². The molecule has 1 amide bonds. The van der Waals surface area contributed by atoms with Crippen molar-refractivity contribution in [2.24, 2.45) is 0 Å². The minimum atomic E-state index is -0.710. The second-order valence-corrected chi connectivity index (χ2v) is 7.37. The van der Waals surface area contributed by atoms with Crippen molar-refractivity contribution in [3.05, 3.63) is 83.6 Å². The Morgan fingerprint density at radius 2 is 1.68 bits per heavy atom. The van der Waals surface area contributed by atoms with E-state index in [2.05, 4.69) is 5.32 Å². The fourth-order valence-electron chi connectivity index (χ4n) is 3.09. The van der Waals surface area contributed by atoms with E-state index in [0.29, 0.717) is 11.3 Å². The highest BCUT2D eigenvalue weighted by molar-refractivity contribution is 5.94. The molecule has 0 aliphatic carbocycles. The van der Waals surface area contributed by atoms with Crippen LogP contribution in [0, 0.1) is 0 Å². The number of hydrogen-bond acceptors (Lipinski definition) is 5. The van der Waals surface area contributed by atoms with E-state index in [0.717, 1.165) is 18.4 Å². The summed E-state index contributed by atoms with van der Waals surface area (Å²) in [4.78, 5) is 35.6. The van der Waals surface area contributed by atoms with Gasteiger partial charge in [-0.25, -0.2) is 4.79 Å². The molecule has 6 nitrogen and oxygen atoms in total. The first-order valence-electron chi connectivity index (χ1n) is 10.1. The fraction of sp³-hybridized carbons (Fsp3) is 0.240. The molecule has 3 aromatic rings. The van der Waals surface area contributed by atoms with Gasteiger partial charge in [0, 0.05) is 17.2 Å². The highest BCUT2D eigenvalue weighted by Gasteiger charge is 2.16. The van der Waals surface area contributed by atoms with Gasteiger partial charge in [0.05, 0.1) is 0 Å². The number of furan rings is 1. The van der Waals surface area contributed by atoms with Crippen LogP contribution in [-0.4, -0.2) is 30.3 Å². The number of benzene rings is 2. The Morgan fingerprint density at radius 1 is 0.968 bits per heavy atom. The molecule has 0 bridgehead atoms. The molecular formula is C25H25NO5. The summed E-state index contributed by atoms with van der Waals surface area (Å²) in [6.07, 6.45) is 1.64. The van der Waals surface area contributed by atoms with Gasteiger partial charge in [-0.05, 0) is 44.4 Å². The minimum Gasteiger partial charge on any atom is -0.450 e. The van der Waals surface area contributed by atoms with Crippen LogP contribution in [0.1, 0.15) is 46.7 Å². The zero-order valence-electron chi connectivity index (χ0n) is 17.6. The first kappa shape index (κ1) is 22.0. The van der Waals surface area contributed by atoms with Gasteiger partial charge in [-0.3, -0.25) is 9.59 Å². The van der Waals surface area contributed by atoms with Gasteiger partial charge in [-0.15, -0.1) is 0 Å². The van der Waals surface area contributed by atoms with Crippen molar-refractivity contribution in [1.29, 1.82) is 0 Å². The minimum absolute atomic E-state index is 0.00979. The largest absolute Gasteiger partial charge is 0.450 e. The van der Waals surface area contributed by atoms with Crippen LogP contribution in [0.25, 0.3) is 11.3 Å². The third-order valence-corrected chi connectivity index (χ3v) is 4.83. The van der Waals surface area contributed by atoms with Crippen LogP contribution in [0.5, 0.6) is 0 Å². The first-order chi connectivity index (χ1) is 14.9. The maximum atomic E-state index is 12.2. The van der Waals surface area contributed by atoms with Gasteiger partial charge in [0.1, 0.15) is 5.76 Å². The Balaban J connectivity index is 1.46. The van der Waals surface area contributed by atoms with Crippen LogP contribution < -0.4 is 5.32 Å². The molecule has 0 radical (unpaired) electrons. The van der Waals surface area contributed by atoms with Crippen LogP contribution in [-0.2, 0) is 16.0 Å². The Labute approximate surface area is 181 Å². The lowest BCUT2D eigenvalue weighted by Gasteiger charge is -2.13. The highest BCUT2D eigenvalue weighted by Crippen LogP contribution is 2.23. The van der Waals surface area contributed by atoms with Crippen molar-refractivity contribution < 1.29 is 23.5 Å². The molecule has 1 N–H and O–H groups in total. The SMILES string of the molecule is CC(=O)c1ccc(-c2ccc(C(=O)OCC(=O)N[C@@H](C)CCc3ccccc3)o2)cc1. The van der Waals surface area contributed by atoms with Crippen molar-refractivity contribution in [2.45, 2.75) is 32.7 Å². The van der Waals surface area contributed by atoms with E-state index < -0.39 is 5.97 Å². The lowest BCUT2D eigenvalue weighted by Crippen LogP contribution is -2.36. The standard InChI is InChI=1S/C25H25NO5/c1-17(8-9-19-6-4-3-5-7-19)26-24(28)16-30-25(29)23-15-14-22(31-23)21-12-10-20(11-13-21)18(2)27/h3-7,10-15,17H,8-9,16H2,1-2H3,(H,26,28)/t17-/m0/s1. The average Bonchev–Trinajstić information content (AvgIpc) is 3.27. The number of rotatable bonds is 9. The molecule has 31 heavy (non-hydrogen) atoms. The predicted molar refractivity (Wildman–Crippen MR) is 117 cm³/mol. The third-order valence-electron chi connectivity index (χ3n) is 4.83. The highest BCUT2D eigenvalue weighted by atomic mass is 16.5. The van der Waals surface area contributed by atoms with E-state index in [1.807, 2.05) is 37.3 Å². The second-order valence-electron chi connectivity index (χ2n) is 7.37. The van der Waals surface area contributed by atoms with Crippen LogP contribution in [0.4, 0.5) is 0 Å². The van der Waals surface area contributed by atoms with Gasteiger partial charge >= 0.3 is 5.97 Å². The molecule has 0 saturated carbocycles. The molecule has 1 atom stereocenters. The van der Waals surface area contributed by atoms with Crippen LogP contribution >= 0.6 is 0 Å². The second kappa shape index (κ2) is 10.4. The number of hydrogen-bond donors (Lipinski definition) is 1. The molecule has 6 heteroatoms. The Hall–Kier alpha value is -3.67. The van der Waals surface area contributed by atoms with E-state index in [1.54, 1.807) is 30.3 Å². The molecule has 3 rings (SSSR count). The molecule has 0 aliphatic heterocycles. The number of ether oxygens (including phenoxy) is 1. The van der Waals surface area contributed by atoms with Gasteiger partial charge in [0.25, 0.3) is 5.91 Å². The van der Waals surface area contributed by atoms with Crippen molar-refractivity contribution in [3.8, 4) is 11.3 Å². The molecule has 1 aromatic heterocycles. The maximum Gasteiger partial charge on any atom is 0.374 e. The number of aryl methyl sites for hydroxylation is 1. The molecule has 160 valence electrons. The summed E-state index contributed by atoms with van der Waals surface area (Å²) >= 11 is 0. The van der Waals surface area contributed by atoms with Crippen molar-refractivity contribution in [2.75, 3.05) is 6.61 Å². The summed E-state index contributed by atoms with van der Waals surface area (Å²) in [5, 5.41) is 2.83. The zero-order valence-corrected chi connectivity index (χ0v) is 17.6. The smallest absolute Gasteiger partial charge is 0.374 e. The van der Waals surface area contributed by atoms with Gasteiger partial charge in [-0.1, -0.05) is 54.6 Å². The Morgan fingerprint density at radius 3 is 2.35 bits per heavy atom. The number of ketones is 1. The quantitative estimate of drug-likeness (QED) is 0.409. The van der Waals surface area contributed by atoms with Crippen molar-refractivity contribution >= 4 is 17.7 Å². The normalized spacial score (nSPS) is 11.5. The molecule has 0 saturated heterocycles. The molecule has 2 aromatic carbocycles. The molecule has 0 aliphatic rings. The summed E-state index contributed by atoms with van der Waals surface area (Å²) in [7, 11) is 0. The van der Waals surface area contributed by atoms with Crippen LogP contribution in [0.2, 0.25) is 0 Å². The fourth-order valence-corrected chi connectivity index (χ4v) is 3.09. The predicted octanol–water partition coefficient (Wildman–Crippen LogP) is 4.44. The molecule has 0 spiro atoms. The summed E-state index contributed by atoms with van der Waals surface area (Å²) < 4.78 is 10.6. The number of nitrogens with one attached hydrogen (secondary N) is 1. The molecule has 1 heterocycles. The number of carbonyl (C=O) groups excluding carboxylic acids is 3. The summed E-state index contributed by atoms with van der Waals surface area (Å²) in [5.74, 6) is -0.612. The number of esters is 1.